The third kappa shape index (κ3) is 48.2. The van der Waals surface area contributed by atoms with E-state index in [0.29, 0.717) is 25.7 Å². The molecule has 0 aromatic heterocycles. The number of carbonyl (C=O) groups is 3. The second kappa shape index (κ2) is 49.9. The maximum absolute atomic E-state index is 12.8. The molecule has 0 aliphatic heterocycles. The second-order valence-electron chi connectivity index (χ2n) is 15.4. The van der Waals surface area contributed by atoms with Crippen LogP contribution in [0.15, 0.2) is 146 Å². The van der Waals surface area contributed by atoms with Crippen LogP contribution in [0.2, 0.25) is 0 Å². The molecule has 0 aliphatic carbocycles. The van der Waals surface area contributed by atoms with E-state index in [1.54, 1.807) is 0 Å². The Morgan fingerprint density at radius 3 is 1.10 bits per heavy atom. The van der Waals surface area contributed by atoms with Gasteiger partial charge in [0.1, 0.15) is 13.2 Å². The standard InChI is InChI=1S/C57H86O6/c1-4-7-10-13-16-19-22-25-27-29-31-32-35-38-41-44-47-50-56(59)62-53-54(52-61-55(58)49-46-43-40-37-34-24-21-18-15-12-9-6-3)63-57(60)51-48-45-42-39-36-33-30-28-26-23-20-17-14-11-8-5-2/h7-13,16-22,25-29,31-33,35-36,54H,4-6,14-15,23-24,30,34,37-53H2,1-3H3/b10-7-,11-8-,12-9-,16-13-,20-17-,21-18-,22-19-,27-25-,28-26-,31-29+,35-32-,36-33-. The van der Waals surface area contributed by atoms with Crippen molar-refractivity contribution in [2.75, 3.05) is 13.2 Å². The third-order valence-electron chi connectivity index (χ3n) is 9.48. The minimum Gasteiger partial charge on any atom is -0.462 e. The highest BCUT2D eigenvalue weighted by Crippen LogP contribution is 2.12. The molecule has 0 rings (SSSR count). The molecular weight excluding hydrogens is 781 g/mol. The van der Waals surface area contributed by atoms with Crippen LogP contribution in [-0.2, 0) is 28.6 Å². The lowest BCUT2D eigenvalue weighted by Gasteiger charge is -2.18. The Morgan fingerprint density at radius 1 is 0.333 bits per heavy atom. The van der Waals surface area contributed by atoms with E-state index in [1.165, 1.54) is 0 Å². The van der Waals surface area contributed by atoms with Crippen molar-refractivity contribution in [1.82, 2.24) is 0 Å². The van der Waals surface area contributed by atoms with Gasteiger partial charge in [0.2, 0.25) is 0 Å². The minimum atomic E-state index is -0.825. The van der Waals surface area contributed by atoms with Gasteiger partial charge in [-0.1, -0.05) is 199 Å². The molecule has 0 fully saturated rings. The van der Waals surface area contributed by atoms with Crippen molar-refractivity contribution < 1.29 is 28.6 Å². The molecule has 63 heavy (non-hydrogen) atoms. The number of esters is 3. The van der Waals surface area contributed by atoms with Gasteiger partial charge < -0.3 is 14.2 Å². The molecule has 0 saturated heterocycles. The normalized spacial score (nSPS) is 13.4. The lowest BCUT2D eigenvalue weighted by Crippen LogP contribution is -2.30. The monoisotopic (exact) mass is 867 g/mol. The number of hydrogen-bond acceptors (Lipinski definition) is 6. The van der Waals surface area contributed by atoms with E-state index in [2.05, 4.69) is 106 Å². The summed E-state index contributed by atoms with van der Waals surface area (Å²) < 4.78 is 16.7. The van der Waals surface area contributed by atoms with Crippen molar-refractivity contribution in [3.8, 4) is 0 Å². The molecule has 0 aliphatic rings. The van der Waals surface area contributed by atoms with Gasteiger partial charge in [-0.05, 0) is 103 Å². The number of ether oxygens (including phenoxy) is 3. The molecule has 1 unspecified atom stereocenters. The van der Waals surface area contributed by atoms with Crippen LogP contribution in [0.25, 0.3) is 0 Å². The Hall–Kier alpha value is -4.71. The first kappa shape index (κ1) is 58.3. The summed E-state index contributed by atoms with van der Waals surface area (Å²) in [6.07, 6.45) is 71.1. The Labute approximate surface area is 385 Å². The fourth-order valence-electron chi connectivity index (χ4n) is 5.91. The average Bonchev–Trinajstić information content (AvgIpc) is 3.28. The Morgan fingerprint density at radius 2 is 0.651 bits per heavy atom. The van der Waals surface area contributed by atoms with Gasteiger partial charge in [-0.3, -0.25) is 14.4 Å². The topological polar surface area (TPSA) is 78.9 Å². The van der Waals surface area contributed by atoms with Gasteiger partial charge in [-0.2, -0.15) is 0 Å². The van der Waals surface area contributed by atoms with Crippen LogP contribution in [0.3, 0.4) is 0 Å². The number of hydrogen-bond donors (Lipinski definition) is 0. The summed E-state index contributed by atoms with van der Waals surface area (Å²) in [5.41, 5.74) is 0. The third-order valence-corrected chi connectivity index (χ3v) is 9.48. The van der Waals surface area contributed by atoms with Gasteiger partial charge in [0, 0.05) is 19.3 Å². The van der Waals surface area contributed by atoms with Crippen LogP contribution in [-0.4, -0.2) is 37.2 Å². The smallest absolute Gasteiger partial charge is 0.306 e. The highest BCUT2D eigenvalue weighted by Gasteiger charge is 2.19. The van der Waals surface area contributed by atoms with Crippen molar-refractivity contribution in [3.63, 3.8) is 0 Å². The van der Waals surface area contributed by atoms with Gasteiger partial charge in [-0.25, -0.2) is 0 Å². The largest absolute Gasteiger partial charge is 0.462 e. The zero-order valence-electron chi connectivity index (χ0n) is 39.8. The van der Waals surface area contributed by atoms with E-state index < -0.39 is 6.10 Å². The number of rotatable bonds is 41. The minimum absolute atomic E-state index is 0.120. The molecule has 0 amide bonds. The van der Waals surface area contributed by atoms with E-state index >= 15 is 0 Å². The number of unbranched alkanes of at least 4 members (excludes halogenated alkanes) is 11. The summed E-state index contributed by atoms with van der Waals surface area (Å²) >= 11 is 0. The fourth-order valence-corrected chi connectivity index (χ4v) is 5.91. The van der Waals surface area contributed by atoms with Crippen molar-refractivity contribution in [2.24, 2.45) is 0 Å². The van der Waals surface area contributed by atoms with E-state index in [4.69, 9.17) is 14.2 Å². The molecule has 6 heteroatoms. The van der Waals surface area contributed by atoms with E-state index in [-0.39, 0.29) is 37.5 Å². The zero-order valence-corrected chi connectivity index (χ0v) is 39.8. The molecule has 0 N–H and O–H groups in total. The van der Waals surface area contributed by atoms with E-state index in [0.717, 1.165) is 122 Å². The van der Waals surface area contributed by atoms with Gasteiger partial charge in [-0.15, -0.1) is 0 Å². The first-order chi connectivity index (χ1) is 31.0. The molecular formula is C57H86O6. The highest BCUT2D eigenvalue weighted by atomic mass is 16.6. The zero-order chi connectivity index (χ0) is 45.8. The van der Waals surface area contributed by atoms with Crippen molar-refractivity contribution in [2.45, 2.75) is 181 Å². The molecule has 0 aromatic rings. The summed E-state index contributed by atoms with van der Waals surface area (Å²) in [6, 6.07) is 0. The average molecular weight is 867 g/mol. The van der Waals surface area contributed by atoms with Crippen molar-refractivity contribution in [3.05, 3.63) is 146 Å². The van der Waals surface area contributed by atoms with Crippen LogP contribution < -0.4 is 0 Å². The Kier molecular flexibility index (Phi) is 46.2. The molecule has 6 nitrogen and oxygen atoms in total. The Balaban J connectivity index is 4.59. The van der Waals surface area contributed by atoms with Crippen molar-refractivity contribution >= 4 is 17.9 Å². The molecule has 0 saturated carbocycles. The summed E-state index contributed by atoms with van der Waals surface area (Å²) in [4.78, 5) is 37.9. The molecule has 0 radical (unpaired) electrons. The second-order valence-corrected chi connectivity index (χ2v) is 15.4. The molecule has 0 heterocycles. The summed E-state index contributed by atoms with van der Waals surface area (Å²) in [5, 5.41) is 0. The number of carbonyl (C=O) groups excluding carboxylic acids is 3. The van der Waals surface area contributed by atoms with Crippen LogP contribution in [0.4, 0.5) is 0 Å². The molecule has 350 valence electrons. The van der Waals surface area contributed by atoms with Gasteiger partial charge in [0.15, 0.2) is 6.10 Å². The van der Waals surface area contributed by atoms with Crippen molar-refractivity contribution in [1.29, 1.82) is 0 Å². The van der Waals surface area contributed by atoms with Crippen LogP contribution in [0, 0.1) is 0 Å². The molecule has 1 atom stereocenters. The van der Waals surface area contributed by atoms with E-state index in [1.807, 2.05) is 60.8 Å². The van der Waals surface area contributed by atoms with Gasteiger partial charge in [0.25, 0.3) is 0 Å². The molecule has 0 spiro atoms. The first-order valence-electron chi connectivity index (χ1n) is 24.4. The molecule has 0 aromatic carbocycles. The highest BCUT2D eigenvalue weighted by molar-refractivity contribution is 5.71. The lowest BCUT2D eigenvalue weighted by atomic mass is 10.1. The maximum Gasteiger partial charge on any atom is 0.306 e. The summed E-state index contributed by atoms with van der Waals surface area (Å²) in [5.74, 6) is -1.03. The fraction of sp³-hybridized carbons (Fsp3) is 0.526. The summed E-state index contributed by atoms with van der Waals surface area (Å²) in [6.45, 7) is 6.15. The maximum atomic E-state index is 12.8. The predicted octanol–water partition coefficient (Wildman–Crippen LogP) is 16.1. The Bertz CT molecular complexity index is 1460. The lowest BCUT2D eigenvalue weighted by molar-refractivity contribution is -0.167. The van der Waals surface area contributed by atoms with Gasteiger partial charge >= 0.3 is 17.9 Å². The van der Waals surface area contributed by atoms with E-state index in [9.17, 15) is 14.4 Å². The van der Waals surface area contributed by atoms with Crippen LogP contribution >= 0.6 is 0 Å². The van der Waals surface area contributed by atoms with Gasteiger partial charge in [0.05, 0.1) is 0 Å². The van der Waals surface area contributed by atoms with Crippen LogP contribution in [0.1, 0.15) is 175 Å². The first-order valence-corrected chi connectivity index (χ1v) is 24.4. The predicted molar refractivity (Wildman–Crippen MR) is 269 cm³/mol. The quantitative estimate of drug-likeness (QED) is 0.0200. The number of allylic oxidation sites excluding steroid dienone is 24. The summed E-state index contributed by atoms with van der Waals surface area (Å²) in [7, 11) is 0. The SMILES string of the molecule is CC\C=C/C=C\C=C/C=C\C=C\C=C/CCCCCC(=O)OCC(COC(=O)CCCCCCC/C=C\C/C=C\CC)OC(=O)CCCCC/C=C\C/C=C\C/C=C\C/C=C\CC. The van der Waals surface area contributed by atoms with Crippen LogP contribution in [0.5, 0.6) is 0 Å². The molecule has 0 bridgehead atoms.